The second-order valence-electron chi connectivity index (χ2n) is 8.87. The van der Waals surface area contributed by atoms with Crippen LogP contribution in [0.2, 0.25) is 0 Å². The molecule has 174 valence electrons. The zero-order valence-electron chi connectivity index (χ0n) is 18.2. The van der Waals surface area contributed by atoms with E-state index in [9.17, 15) is 22.8 Å². The summed E-state index contributed by atoms with van der Waals surface area (Å²) in [5, 5.41) is 9.02. The maximum Gasteiger partial charge on any atom is 0.417 e. The van der Waals surface area contributed by atoms with Crippen molar-refractivity contribution >= 4 is 17.5 Å². The number of anilines is 1. The van der Waals surface area contributed by atoms with E-state index in [-0.39, 0.29) is 24.3 Å². The summed E-state index contributed by atoms with van der Waals surface area (Å²) >= 11 is 0. The van der Waals surface area contributed by atoms with Gasteiger partial charge in [-0.1, -0.05) is 0 Å². The predicted octanol–water partition coefficient (Wildman–Crippen LogP) is 1.91. The van der Waals surface area contributed by atoms with Crippen molar-refractivity contribution in [2.45, 2.75) is 19.0 Å². The van der Waals surface area contributed by atoms with Crippen molar-refractivity contribution in [3.63, 3.8) is 0 Å². The minimum atomic E-state index is -4.64. The van der Waals surface area contributed by atoms with Crippen LogP contribution in [0, 0.1) is 29.1 Å². The summed E-state index contributed by atoms with van der Waals surface area (Å²) in [5.41, 5.74) is 4.56. The molecule has 1 aromatic rings. The van der Waals surface area contributed by atoms with Gasteiger partial charge >= 0.3 is 6.18 Å². The second-order valence-corrected chi connectivity index (χ2v) is 8.87. The zero-order valence-corrected chi connectivity index (χ0v) is 18.2. The molecule has 2 saturated heterocycles. The van der Waals surface area contributed by atoms with Gasteiger partial charge in [-0.3, -0.25) is 9.59 Å². The molecule has 2 aliphatic heterocycles. The van der Waals surface area contributed by atoms with Crippen molar-refractivity contribution in [1.29, 1.82) is 5.26 Å². The third-order valence-corrected chi connectivity index (χ3v) is 6.47. The molecule has 10 heteroatoms. The van der Waals surface area contributed by atoms with Gasteiger partial charge in [0.25, 0.3) is 0 Å². The maximum absolute atomic E-state index is 13.4. The van der Waals surface area contributed by atoms with E-state index in [1.54, 1.807) is 11.0 Å². The van der Waals surface area contributed by atoms with Crippen LogP contribution < -0.4 is 10.6 Å². The number of halogens is 3. The van der Waals surface area contributed by atoms with E-state index < -0.39 is 29.1 Å². The fourth-order valence-electron chi connectivity index (χ4n) is 4.83. The molecule has 0 bridgehead atoms. The van der Waals surface area contributed by atoms with Crippen LogP contribution in [0.15, 0.2) is 18.2 Å². The zero-order chi connectivity index (χ0) is 23.6. The number of nitrogens with zero attached hydrogens (tertiary/aromatic N) is 4. The molecule has 2 atom stereocenters. The van der Waals surface area contributed by atoms with Crippen LogP contribution >= 0.6 is 0 Å². The number of nitrogens with two attached hydrogens (primary N) is 1. The molecule has 2 aliphatic rings. The third-order valence-electron chi connectivity index (χ3n) is 6.47. The minimum absolute atomic E-state index is 0.0604. The Balaban J connectivity index is 1.75. The summed E-state index contributed by atoms with van der Waals surface area (Å²) < 4.78 is 40.1. The number of primary amides is 1. The molecule has 0 unspecified atom stereocenters. The highest BCUT2D eigenvalue weighted by Gasteiger charge is 2.43. The highest BCUT2D eigenvalue weighted by Crippen LogP contribution is 2.40. The summed E-state index contributed by atoms with van der Waals surface area (Å²) in [6, 6.07) is 5.21. The van der Waals surface area contributed by atoms with E-state index in [0.29, 0.717) is 31.9 Å². The van der Waals surface area contributed by atoms with Gasteiger partial charge in [-0.05, 0) is 57.0 Å². The topological polar surface area (TPSA) is 93.7 Å². The van der Waals surface area contributed by atoms with Gasteiger partial charge in [0, 0.05) is 31.9 Å². The number of alkyl halides is 3. The van der Waals surface area contributed by atoms with Crippen molar-refractivity contribution in [1.82, 2.24) is 9.80 Å². The highest BCUT2D eigenvalue weighted by atomic mass is 19.4. The molecule has 2 N–H and O–H groups in total. The lowest BCUT2D eigenvalue weighted by Crippen LogP contribution is -2.45. The average Bonchev–Trinajstić information content (AvgIpc) is 3.18. The van der Waals surface area contributed by atoms with Crippen molar-refractivity contribution in [2.75, 3.05) is 51.7 Å². The van der Waals surface area contributed by atoms with Crippen LogP contribution in [0.1, 0.15) is 24.0 Å². The number of likely N-dealkylation sites (tertiary alicyclic amines) is 1. The molecule has 1 aromatic carbocycles. The Hall–Kier alpha value is -2.80. The molecule has 0 spiro atoms. The minimum Gasteiger partial charge on any atom is -0.370 e. The Labute approximate surface area is 185 Å². The molecule has 2 fully saturated rings. The van der Waals surface area contributed by atoms with Gasteiger partial charge in [0.05, 0.1) is 29.7 Å². The Morgan fingerprint density at radius 1 is 1.22 bits per heavy atom. The largest absolute Gasteiger partial charge is 0.417 e. The Kier molecular flexibility index (Phi) is 6.98. The van der Waals surface area contributed by atoms with Crippen LogP contribution in [0.5, 0.6) is 0 Å². The number of rotatable bonds is 5. The molecule has 0 aliphatic carbocycles. The number of carbonyl (C=O) groups is 2. The van der Waals surface area contributed by atoms with E-state index in [2.05, 4.69) is 0 Å². The second kappa shape index (κ2) is 9.36. The summed E-state index contributed by atoms with van der Waals surface area (Å²) in [5.74, 6) is -0.822. The van der Waals surface area contributed by atoms with Crippen molar-refractivity contribution in [3.05, 3.63) is 29.3 Å². The highest BCUT2D eigenvalue weighted by molar-refractivity contribution is 5.79. The van der Waals surface area contributed by atoms with Crippen LogP contribution in [-0.4, -0.2) is 68.4 Å². The van der Waals surface area contributed by atoms with E-state index in [1.807, 2.05) is 23.9 Å². The Morgan fingerprint density at radius 3 is 2.41 bits per heavy atom. The lowest BCUT2D eigenvalue weighted by atomic mass is 9.78. The first-order valence-corrected chi connectivity index (χ1v) is 10.6. The number of nitriles is 1. The molecular formula is C22H28F3N5O2. The number of amides is 2. The van der Waals surface area contributed by atoms with Gasteiger partial charge in [-0.2, -0.15) is 18.4 Å². The van der Waals surface area contributed by atoms with Crippen molar-refractivity contribution < 1.29 is 22.8 Å². The molecule has 32 heavy (non-hydrogen) atoms. The van der Waals surface area contributed by atoms with Gasteiger partial charge < -0.3 is 20.4 Å². The van der Waals surface area contributed by atoms with E-state index >= 15 is 0 Å². The number of hydrogen-bond acceptors (Lipinski definition) is 5. The van der Waals surface area contributed by atoms with Crippen LogP contribution in [0.3, 0.4) is 0 Å². The van der Waals surface area contributed by atoms with Gasteiger partial charge in [0.1, 0.15) is 0 Å². The van der Waals surface area contributed by atoms with Gasteiger partial charge in [-0.15, -0.1) is 0 Å². The summed E-state index contributed by atoms with van der Waals surface area (Å²) in [4.78, 5) is 29.8. The monoisotopic (exact) mass is 451 g/mol. The standard InChI is InChI=1S/C22H28F3N5O2/c1-28(2)13-20(31)29-7-5-14(6-8-29)17-11-30(12-18(17)21(27)32)16-4-3-15(10-26)19(9-16)22(23,24)25/h3-4,9,14,17-18H,5-8,11-13H2,1-2H3,(H2,27,32)/t17-,18+/m0/s1. The number of benzene rings is 1. The average molecular weight is 451 g/mol. The quantitative estimate of drug-likeness (QED) is 0.738. The summed E-state index contributed by atoms with van der Waals surface area (Å²) in [7, 11) is 3.67. The SMILES string of the molecule is CN(C)CC(=O)N1CCC([C@@H]2CN(c3ccc(C#N)c(C(F)(F)F)c3)C[C@H]2C(N)=O)CC1. The first-order valence-electron chi connectivity index (χ1n) is 10.6. The molecule has 0 saturated carbocycles. The Bertz CT molecular complexity index is 904. The van der Waals surface area contributed by atoms with E-state index in [0.717, 1.165) is 18.9 Å². The van der Waals surface area contributed by atoms with E-state index in [4.69, 9.17) is 11.0 Å². The number of hydrogen-bond donors (Lipinski definition) is 1. The predicted molar refractivity (Wildman–Crippen MR) is 112 cm³/mol. The fraction of sp³-hybridized carbons (Fsp3) is 0.591. The third kappa shape index (κ3) is 5.15. The molecule has 7 nitrogen and oxygen atoms in total. The smallest absolute Gasteiger partial charge is 0.370 e. The lowest BCUT2D eigenvalue weighted by molar-refractivity contribution is -0.137. The first-order chi connectivity index (χ1) is 15.0. The summed E-state index contributed by atoms with van der Waals surface area (Å²) in [6.45, 7) is 2.17. The van der Waals surface area contributed by atoms with Gasteiger partial charge in [0.2, 0.25) is 11.8 Å². The fourth-order valence-corrected chi connectivity index (χ4v) is 4.83. The first kappa shape index (κ1) is 23.9. The van der Waals surface area contributed by atoms with Crippen molar-refractivity contribution in [2.24, 2.45) is 23.5 Å². The molecule has 3 rings (SSSR count). The summed E-state index contributed by atoms with van der Waals surface area (Å²) in [6.07, 6.45) is -3.19. The number of piperidine rings is 1. The number of carbonyl (C=O) groups excluding carboxylic acids is 2. The molecule has 2 amide bonds. The maximum atomic E-state index is 13.4. The van der Waals surface area contributed by atoms with Crippen molar-refractivity contribution in [3.8, 4) is 6.07 Å². The molecule has 0 aromatic heterocycles. The molecule has 2 heterocycles. The number of likely N-dealkylation sites (N-methyl/N-ethyl adjacent to an activating group) is 1. The Morgan fingerprint density at radius 2 is 1.88 bits per heavy atom. The lowest BCUT2D eigenvalue weighted by Gasteiger charge is -2.36. The van der Waals surface area contributed by atoms with Gasteiger partial charge in [-0.25, -0.2) is 0 Å². The van der Waals surface area contributed by atoms with E-state index in [1.165, 1.54) is 12.1 Å². The van der Waals surface area contributed by atoms with Crippen LogP contribution in [0.4, 0.5) is 18.9 Å². The molecular weight excluding hydrogens is 423 g/mol. The van der Waals surface area contributed by atoms with Crippen LogP contribution in [0.25, 0.3) is 0 Å². The van der Waals surface area contributed by atoms with Crippen LogP contribution in [-0.2, 0) is 15.8 Å². The van der Waals surface area contributed by atoms with Gasteiger partial charge in [0.15, 0.2) is 0 Å². The normalized spacial score (nSPS) is 22.3. The molecule has 0 radical (unpaired) electrons.